The zero-order valence-electron chi connectivity index (χ0n) is 11.1. The first kappa shape index (κ1) is 13.7. The Labute approximate surface area is 112 Å². The smallest absolute Gasteiger partial charge is 0.127 e. The van der Waals surface area contributed by atoms with E-state index in [1.165, 1.54) is 12.1 Å². The van der Waals surface area contributed by atoms with Gasteiger partial charge in [-0.1, -0.05) is 25.1 Å². The van der Waals surface area contributed by atoms with Gasteiger partial charge in [0.05, 0.1) is 0 Å². The lowest BCUT2D eigenvalue weighted by Gasteiger charge is -2.10. The third-order valence-electron chi connectivity index (χ3n) is 3.19. The highest BCUT2D eigenvalue weighted by atomic mass is 19.1. The lowest BCUT2D eigenvalue weighted by Crippen LogP contribution is -2.13. The summed E-state index contributed by atoms with van der Waals surface area (Å²) in [6.45, 7) is 4.96. The minimum atomic E-state index is -0.241. The Bertz CT molecular complexity index is 579. The molecule has 0 radical (unpaired) electrons. The van der Waals surface area contributed by atoms with Crippen molar-refractivity contribution in [3.63, 3.8) is 0 Å². The van der Waals surface area contributed by atoms with Gasteiger partial charge in [-0.05, 0) is 48.4 Å². The maximum Gasteiger partial charge on any atom is 0.127 e. The average molecular weight is 261 g/mol. The molecule has 0 unspecified atom stereocenters. The van der Waals surface area contributed by atoms with Crippen LogP contribution in [0.15, 0.2) is 36.4 Å². The van der Waals surface area contributed by atoms with E-state index in [-0.39, 0.29) is 11.6 Å². The van der Waals surface area contributed by atoms with Crippen LogP contribution in [-0.2, 0) is 6.54 Å². The Balaban J connectivity index is 2.42. The van der Waals surface area contributed by atoms with Gasteiger partial charge in [0.15, 0.2) is 0 Å². The van der Waals surface area contributed by atoms with Crippen molar-refractivity contribution in [1.82, 2.24) is 5.32 Å². The van der Waals surface area contributed by atoms with Gasteiger partial charge < -0.3 is 5.32 Å². The van der Waals surface area contributed by atoms with Gasteiger partial charge in [-0.15, -0.1) is 0 Å². The molecule has 0 aliphatic carbocycles. The normalized spacial score (nSPS) is 10.7. The molecule has 1 N–H and O–H groups in total. The third-order valence-corrected chi connectivity index (χ3v) is 3.19. The largest absolute Gasteiger partial charge is 0.313 e. The van der Waals surface area contributed by atoms with Crippen LogP contribution in [0, 0.1) is 18.6 Å². The van der Waals surface area contributed by atoms with E-state index in [2.05, 4.69) is 5.32 Å². The van der Waals surface area contributed by atoms with Gasteiger partial charge in [0.2, 0.25) is 0 Å². The second kappa shape index (κ2) is 5.93. The van der Waals surface area contributed by atoms with Gasteiger partial charge in [-0.2, -0.15) is 0 Å². The number of rotatable bonds is 4. The Morgan fingerprint density at radius 1 is 1.05 bits per heavy atom. The fourth-order valence-electron chi connectivity index (χ4n) is 2.06. The van der Waals surface area contributed by atoms with Crippen molar-refractivity contribution in [2.75, 3.05) is 6.54 Å². The number of benzene rings is 2. The SMILES string of the molecule is CCNCc1cc(-c2cccc(F)c2C)ccc1F. The fourth-order valence-corrected chi connectivity index (χ4v) is 2.06. The highest BCUT2D eigenvalue weighted by molar-refractivity contribution is 5.68. The quantitative estimate of drug-likeness (QED) is 0.875. The topological polar surface area (TPSA) is 12.0 Å². The molecule has 100 valence electrons. The van der Waals surface area contributed by atoms with E-state index in [0.29, 0.717) is 17.7 Å². The number of halogens is 2. The Kier molecular flexibility index (Phi) is 4.27. The van der Waals surface area contributed by atoms with E-state index in [4.69, 9.17) is 0 Å². The molecule has 0 amide bonds. The van der Waals surface area contributed by atoms with E-state index in [0.717, 1.165) is 17.7 Å². The van der Waals surface area contributed by atoms with Gasteiger partial charge in [0.1, 0.15) is 11.6 Å². The lowest BCUT2D eigenvalue weighted by molar-refractivity contribution is 0.593. The van der Waals surface area contributed by atoms with Crippen LogP contribution in [0.3, 0.4) is 0 Å². The molecule has 0 bridgehead atoms. The lowest BCUT2D eigenvalue weighted by atomic mass is 9.98. The molecule has 0 aromatic heterocycles. The summed E-state index contributed by atoms with van der Waals surface area (Å²) < 4.78 is 27.2. The maximum atomic E-state index is 13.7. The molecule has 0 aliphatic rings. The zero-order chi connectivity index (χ0) is 13.8. The van der Waals surface area contributed by atoms with Crippen LogP contribution in [0.25, 0.3) is 11.1 Å². The Morgan fingerprint density at radius 3 is 2.58 bits per heavy atom. The molecule has 0 fully saturated rings. The minimum absolute atomic E-state index is 0.237. The highest BCUT2D eigenvalue weighted by Gasteiger charge is 2.09. The molecule has 0 atom stereocenters. The summed E-state index contributed by atoms with van der Waals surface area (Å²) in [6.07, 6.45) is 0. The van der Waals surface area contributed by atoms with Gasteiger partial charge >= 0.3 is 0 Å². The van der Waals surface area contributed by atoms with E-state index in [9.17, 15) is 8.78 Å². The molecule has 0 saturated heterocycles. The molecule has 3 heteroatoms. The van der Waals surface area contributed by atoms with Crippen LogP contribution in [0.4, 0.5) is 8.78 Å². The summed E-state index contributed by atoms with van der Waals surface area (Å²) in [4.78, 5) is 0. The molecule has 2 rings (SSSR count). The van der Waals surface area contributed by atoms with Crippen molar-refractivity contribution < 1.29 is 8.78 Å². The average Bonchev–Trinajstić information content (AvgIpc) is 2.41. The first-order chi connectivity index (χ1) is 9.13. The zero-order valence-corrected chi connectivity index (χ0v) is 11.1. The fraction of sp³-hybridized carbons (Fsp3) is 0.250. The summed E-state index contributed by atoms with van der Waals surface area (Å²) in [5.74, 6) is -0.478. The highest BCUT2D eigenvalue weighted by Crippen LogP contribution is 2.26. The van der Waals surface area contributed by atoms with Crippen molar-refractivity contribution in [3.8, 4) is 11.1 Å². The summed E-state index contributed by atoms with van der Waals surface area (Å²) >= 11 is 0. The van der Waals surface area contributed by atoms with Gasteiger partial charge in [-0.25, -0.2) is 8.78 Å². The molecule has 0 aliphatic heterocycles. The molecular formula is C16H17F2N. The first-order valence-corrected chi connectivity index (χ1v) is 6.38. The minimum Gasteiger partial charge on any atom is -0.313 e. The molecule has 2 aromatic rings. The number of hydrogen-bond acceptors (Lipinski definition) is 1. The Morgan fingerprint density at radius 2 is 1.84 bits per heavy atom. The van der Waals surface area contributed by atoms with E-state index in [1.54, 1.807) is 25.1 Å². The summed E-state index contributed by atoms with van der Waals surface area (Å²) in [5, 5.41) is 3.10. The van der Waals surface area contributed by atoms with Crippen LogP contribution in [-0.4, -0.2) is 6.54 Å². The maximum absolute atomic E-state index is 13.7. The standard InChI is InChI=1S/C16H17F2N/c1-3-19-10-13-9-12(7-8-16(13)18)14-5-4-6-15(17)11(14)2/h4-9,19H,3,10H2,1-2H3. The van der Waals surface area contributed by atoms with E-state index in [1.807, 2.05) is 13.0 Å². The van der Waals surface area contributed by atoms with Crippen LogP contribution in [0.5, 0.6) is 0 Å². The van der Waals surface area contributed by atoms with Crippen LogP contribution in [0.1, 0.15) is 18.1 Å². The van der Waals surface area contributed by atoms with E-state index >= 15 is 0 Å². The second-order valence-corrected chi connectivity index (χ2v) is 4.50. The monoisotopic (exact) mass is 261 g/mol. The van der Waals surface area contributed by atoms with Crippen LogP contribution in [0.2, 0.25) is 0 Å². The van der Waals surface area contributed by atoms with Gasteiger partial charge in [0.25, 0.3) is 0 Å². The van der Waals surface area contributed by atoms with Crippen LogP contribution >= 0.6 is 0 Å². The van der Waals surface area contributed by atoms with Crippen molar-refractivity contribution in [3.05, 3.63) is 59.2 Å². The summed E-state index contributed by atoms with van der Waals surface area (Å²) in [6, 6.07) is 9.86. The molecule has 0 heterocycles. The molecule has 0 saturated carbocycles. The van der Waals surface area contributed by atoms with Gasteiger partial charge in [-0.3, -0.25) is 0 Å². The Hall–Kier alpha value is -1.74. The third kappa shape index (κ3) is 2.99. The molecular weight excluding hydrogens is 244 g/mol. The molecule has 19 heavy (non-hydrogen) atoms. The van der Waals surface area contributed by atoms with Crippen molar-refractivity contribution in [2.24, 2.45) is 0 Å². The van der Waals surface area contributed by atoms with Crippen molar-refractivity contribution in [2.45, 2.75) is 20.4 Å². The van der Waals surface area contributed by atoms with Crippen LogP contribution < -0.4 is 5.32 Å². The molecule has 2 aromatic carbocycles. The summed E-state index contributed by atoms with van der Waals surface area (Å²) in [7, 11) is 0. The van der Waals surface area contributed by atoms with Crippen molar-refractivity contribution in [1.29, 1.82) is 0 Å². The molecule has 0 spiro atoms. The number of nitrogens with one attached hydrogen (secondary N) is 1. The second-order valence-electron chi connectivity index (χ2n) is 4.50. The molecule has 1 nitrogen and oxygen atoms in total. The predicted octanol–water partition coefficient (Wildman–Crippen LogP) is 4.05. The van der Waals surface area contributed by atoms with E-state index < -0.39 is 0 Å². The predicted molar refractivity (Wildman–Crippen MR) is 73.9 cm³/mol. The number of hydrogen-bond donors (Lipinski definition) is 1. The first-order valence-electron chi connectivity index (χ1n) is 6.38. The van der Waals surface area contributed by atoms with Crippen molar-refractivity contribution >= 4 is 0 Å². The van der Waals surface area contributed by atoms with Gasteiger partial charge in [0, 0.05) is 12.1 Å². The summed E-state index contributed by atoms with van der Waals surface area (Å²) in [5.41, 5.74) is 2.83.